The number of anilines is 2. The van der Waals surface area contributed by atoms with Gasteiger partial charge in [0, 0.05) is 13.6 Å². The quantitative estimate of drug-likeness (QED) is 0.714. The zero-order chi connectivity index (χ0) is 11.4. The second-order valence-electron chi connectivity index (χ2n) is 2.77. The summed E-state index contributed by atoms with van der Waals surface area (Å²) in [6.07, 6.45) is 0. The van der Waals surface area contributed by atoms with Crippen LogP contribution in [0.3, 0.4) is 0 Å². The number of nitrogens with two attached hydrogens (primary N) is 1. The molecule has 15 heavy (non-hydrogen) atoms. The summed E-state index contributed by atoms with van der Waals surface area (Å²) in [5.41, 5.74) is 6.30. The summed E-state index contributed by atoms with van der Waals surface area (Å²) in [6.45, 7) is 2.60. The Morgan fingerprint density at radius 3 is 2.80 bits per heavy atom. The molecule has 1 heterocycles. The molecule has 0 aromatic carbocycles. The molecular weight excluding hydrogens is 212 g/mol. The Morgan fingerprint density at radius 2 is 2.33 bits per heavy atom. The van der Waals surface area contributed by atoms with Gasteiger partial charge in [0.15, 0.2) is 0 Å². The highest BCUT2D eigenvalue weighted by Gasteiger charge is 2.19. The SMILES string of the molecule is CCNc1sc(C(=O)NC)c(N)c1C#N. The number of carbonyl (C=O) groups excluding carboxylic acids is 1. The predicted octanol–water partition coefficient (Wildman–Crippen LogP) is 0.993. The molecule has 0 radical (unpaired) electrons. The van der Waals surface area contributed by atoms with Gasteiger partial charge in [-0.05, 0) is 6.92 Å². The van der Waals surface area contributed by atoms with Crippen LogP contribution in [0, 0.1) is 11.3 Å². The van der Waals surface area contributed by atoms with Gasteiger partial charge in [0.05, 0.1) is 5.69 Å². The highest BCUT2D eigenvalue weighted by Crippen LogP contribution is 2.34. The zero-order valence-electron chi connectivity index (χ0n) is 8.55. The van der Waals surface area contributed by atoms with E-state index in [0.29, 0.717) is 22.0 Å². The van der Waals surface area contributed by atoms with Gasteiger partial charge in [-0.1, -0.05) is 0 Å². The molecule has 0 aliphatic carbocycles. The van der Waals surface area contributed by atoms with Crippen LogP contribution in [0.25, 0.3) is 0 Å². The zero-order valence-corrected chi connectivity index (χ0v) is 9.36. The molecule has 0 aliphatic heterocycles. The Kier molecular flexibility index (Phi) is 3.52. The monoisotopic (exact) mass is 224 g/mol. The van der Waals surface area contributed by atoms with Crippen molar-refractivity contribution in [1.29, 1.82) is 5.26 Å². The van der Waals surface area contributed by atoms with Gasteiger partial charge in [0.25, 0.3) is 5.91 Å². The lowest BCUT2D eigenvalue weighted by Crippen LogP contribution is -2.17. The highest BCUT2D eigenvalue weighted by molar-refractivity contribution is 7.18. The number of nitriles is 1. The number of amides is 1. The van der Waals surface area contributed by atoms with Gasteiger partial charge in [0.2, 0.25) is 0 Å². The minimum atomic E-state index is -0.266. The molecule has 0 saturated heterocycles. The summed E-state index contributed by atoms with van der Waals surface area (Å²) in [5, 5.41) is 15.0. The van der Waals surface area contributed by atoms with E-state index in [1.165, 1.54) is 18.4 Å². The molecule has 4 N–H and O–H groups in total. The van der Waals surface area contributed by atoms with Crippen molar-refractivity contribution in [3.63, 3.8) is 0 Å². The Hall–Kier alpha value is -1.74. The minimum absolute atomic E-state index is 0.248. The first-order chi connectivity index (χ1) is 7.15. The van der Waals surface area contributed by atoms with Crippen LogP contribution >= 0.6 is 11.3 Å². The maximum atomic E-state index is 11.4. The van der Waals surface area contributed by atoms with Crippen LogP contribution in [0.2, 0.25) is 0 Å². The highest BCUT2D eigenvalue weighted by atomic mass is 32.1. The molecule has 0 unspecified atom stereocenters. The Labute approximate surface area is 91.9 Å². The Morgan fingerprint density at radius 1 is 1.67 bits per heavy atom. The van der Waals surface area contributed by atoms with Crippen molar-refractivity contribution in [1.82, 2.24) is 5.32 Å². The average molecular weight is 224 g/mol. The van der Waals surface area contributed by atoms with Crippen molar-refractivity contribution in [2.45, 2.75) is 6.92 Å². The predicted molar refractivity (Wildman–Crippen MR) is 61.0 cm³/mol. The summed E-state index contributed by atoms with van der Waals surface area (Å²) >= 11 is 1.20. The third-order valence-electron chi connectivity index (χ3n) is 1.83. The molecule has 80 valence electrons. The van der Waals surface area contributed by atoms with Gasteiger partial charge in [-0.3, -0.25) is 4.79 Å². The fraction of sp³-hybridized carbons (Fsp3) is 0.333. The summed E-state index contributed by atoms with van der Waals surface area (Å²) in [7, 11) is 1.53. The molecule has 0 aliphatic rings. The number of nitrogens with zero attached hydrogens (tertiary/aromatic N) is 1. The molecular formula is C9H12N4OS. The summed E-state index contributed by atoms with van der Waals surface area (Å²) in [5.74, 6) is -0.266. The van der Waals surface area contributed by atoms with Gasteiger partial charge >= 0.3 is 0 Å². The van der Waals surface area contributed by atoms with Gasteiger partial charge in [-0.15, -0.1) is 11.3 Å². The number of carbonyl (C=O) groups is 1. The van der Waals surface area contributed by atoms with Crippen molar-refractivity contribution in [2.75, 3.05) is 24.6 Å². The second-order valence-corrected chi connectivity index (χ2v) is 3.79. The molecule has 1 aromatic heterocycles. The van der Waals surface area contributed by atoms with Crippen molar-refractivity contribution in [2.24, 2.45) is 0 Å². The molecule has 0 saturated carbocycles. The van der Waals surface area contributed by atoms with E-state index < -0.39 is 0 Å². The van der Waals surface area contributed by atoms with Gasteiger partial charge in [-0.2, -0.15) is 5.26 Å². The first kappa shape index (κ1) is 11.3. The smallest absolute Gasteiger partial charge is 0.263 e. The third-order valence-corrected chi connectivity index (χ3v) is 2.99. The Balaban J connectivity index is 3.22. The van der Waals surface area contributed by atoms with Crippen LogP contribution in [0.15, 0.2) is 0 Å². The van der Waals surface area contributed by atoms with Crippen LogP contribution in [-0.4, -0.2) is 19.5 Å². The molecule has 0 atom stereocenters. The average Bonchev–Trinajstić information content (AvgIpc) is 2.55. The molecule has 0 fully saturated rings. The van der Waals surface area contributed by atoms with Crippen LogP contribution in [0.5, 0.6) is 0 Å². The first-order valence-corrected chi connectivity index (χ1v) is 5.25. The summed E-state index contributed by atoms with van der Waals surface area (Å²) < 4.78 is 0. The van der Waals surface area contributed by atoms with E-state index >= 15 is 0 Å². The lowest BCUT2D eigenvalue weighted by molar-refractivity contribution is 0.0968. The first-order valence-electron chi connectivity index (χ1n) is 4.44. The molecule has 5 nitrogen and oxygen atoms in total. The van der Waals surface area contributed by atoms with E-state index in [0.717, 1.165) is 0 Å². The van der Waals surface area contributed by atoms with Crippen LogP contribution in [-0.2, 0) is 0 Å². The number of rotatable bonds is 3. The summed E-state index contributed by atoms with van der Waals surface area (Å²) in [6, 6.07) is 1.99. The van der Waals surface area contributed by atoms with Crippen LogP contribution < -0.4 is 16.4 Å². The number of nitrogens with one attached hydrogen (secondary N) is 2. The standard InChI is InChI=1S/C9H12N4OS/c1-3-13-9-5(4-10)6(11)7(15-9)8(14)12-2/h13H,3,11H2,1-2H3,(H,12,14). The molecule has 1 rings (SSSR count). The van der Waals surface area contributed by atoms with Crippen LogP contribution in [0.1, 0.15) is 22.2 Å². The largest absolute Gasteiger partial charge is 0.396 e. The number of hydrogen-bond donors (Lipinski definition) is 3. The number of thiophene rings is 1. The minimum Gasteiger partial charge on any atom is -0.396 e. The lowest BCUT2D eigenvalue weighted by Gasteiger charge is -1.97. The number of hydrogen-bond acceptors (Lipinski definition) is 5. The van der Waals surface area contributed by atoms with Crippen molar-refractivity contribution < 1.29 is 4.79 Å². The van der Waals surface area contributed by atoms with Gasteiger partial charge in [0.1, 0.15) is 21.5 Å². The van der Waals surface area contributed by atoms with E-state index in [9.17, 15) is 4.79 Å². The number of nitrogen functional groups attached to an aromatic ring is 1. The molecule has 1 amide bonds. The normalized spacial score (nSPS) is 9.40. The fourth-order valence-electron chi connectivity index (χ4n) is 1.12. The van der Waals surface area contributed by atoms with Crippen molar-refractivity contribution >= 4 is 27.9 Å². The molecule has 1 aromatic rings. The second kappa shape index (κ2) is 4.66. The maximum absolute atomic E-state index is 11.4. The van der Waals surface area contributed by atoms with Gasteiger partial charge < -0.3 is 16.4 Å². The van der Waals surface area contributed by atoms with E-state index in [1.54, 1.807) is 0 Å². The molecule has 0 spiro atoms. The maximum Gasteiger partial charge on any atom is 0.263 e. The van der Waals surface area contributed by atoms with Crippen LogP contribution in [0.4, 0.5) is 10.7 Å². The van der Waals surface area contributed by atoms with E-state index in [-0.39, 0.29) is 11.6 Å². The molecule has 0 bridgehead atoms. The molecule has 6 heteroatoms. The lowest BCUT2D eigenvalue weighted by atomic mass is 10.2. The Bertz CT molecular complexity index is 418. The topological polar surface area (TPSA) is 90.9 Å². The summed E-state index contributed by atoms with van der Waals surface area (Å²) in [4.78, 5) is 11.8. The van der Waals surface area contributed by atoms with Crippen molar-refractivity contribution in [3.05, 3.63) is 10.4 Å². The van der Waals surface area contributed by atoms with E-state index in [4.69, 9.17) is 11.0 Å². The third kappa shape index (κ3) is 2.02. The van der Waals surface area contributed by atoms with E-state index in [2.05, 4.69) is 10.6 Å². The van der Waals surface area contributed by atoms with Gasteiger partial charge in [-0.25, -0.2) is 0 Å². The van der Waals surface area contributed by atoms with E-state index in [1.807, 2.05) is 13.0 Å². The van der Waals surface area contributed by atoms with Crippen molar-refractivity contribution in [3.8, 4) is 6.07 Å². The fourth-order valence-corrected chi connectivity index (χ4v) is 2.21.